The Bertz CT molecular complexity index is 533. The Balaban J connectivity index is 1.67. The van der Waals surface area contributed by atoms with E-state index < -0.39 is 0 Å². The minimum atomic E-state index is 0.688. The largest absolute Gasteiger partial charge is 0.361 e. The second-order valence-electron chi connectivity index (χ2n) is 6.35. The molecule has 0 amide bonds. The first-order valence-electron chi connectivity index (χ1n) is 7.50. The van der Waals surface area contributed by atoms with Crippen LogP contribution in [0.25, 0.3) is 10.9 Å². The lowest BCUT2D eigenvalue weighted by Crippen LogP contribution is -2.35. The van der Waals surface area contributed by atoms with Crippen LogP contribution < -0.4 is 5.32 Å². The van der Waals surface area contributed by atoms with Crippen molar-refractivity contribution in [3.8, 4) is 0 Å². The zero-order valence-corrected chi connectivity index (χ0v) is 11.9. The lowest BCUT2D eigenvalue weighted by Gasteiger charge is -2.32. The Hall–Kier alpha value is -1.28. The summed E-state index contributed by atoms with van der Waals surface area (Å²) < 4.78 is 0. The van der Waals surface area contributed by atoms with Crippen LogP contribution in [0.1, 0.15) is 38.7 Å². The first kappa shape index (κ1) is 12.7. The molecular formula is C17H24N2. The summed E-state index contributed by atoms with van der Waals surface area (Å²) in [5.41, 5.74) is 2.65. The minimum Gasteiger partial charge on any atom is -0.361 e. The van der Waals surface area contributed by atoms with Crippen molar-refractivity contribution in [2.24, 2.45) is 11.8 Å². The number of rotatable bonds is 3. The minimum absolute atomic E-state index is 0.688. The van der Waals surface area contributed by atoms with Crippen molar-refractivity contribution in [2.45, 2.75) is 45.7 Å². The van der Waals surface area contributed by atoms with Gasteiger partial charge in [0.2, 0.25) is 0 Å². The van der Waals surface area contributed by atoms with Crippen molar-refractivity contribution in [3.63, 3.8) is 0 Å². The second kappa shape index (κ2) is 5.38. The molecule has 3 rings (SSSR count). The van der Waals surface area contributed by atoms with Crippen LogP contribution in [0, 0.1) is 11.8 Å². The van der Waals surface area contributed by atoms with Gasteiger partial charge in [-0.2, -0.15) is 0 Å². The highest BCUT2D eigenvalue weighted by Gasteiger charge is 2.23. The molecule has 1 heterocycles. The van der Waals surface area contributed by atoms with Gasteiger partial charge in [0.15, 0.2) is 0 Å². The molecule has 1 aromatic heterocycles. The Morgan fingerprint density at radius 1 is 1.11 bits per heavy atom. The first-order valence-corrected chi connectivity index (χ1v) is 7.50. The number of hydrogen-bond acceptors (Lipinski definition) is 1. The van der Waals surface area contributed by atoms with Gasteiger partial charge in [-0.15, -0.1) is 0 Å². The molecule has 102 valence electrons. The normalized spacial score (nSPS) is 27.8. The molecule has 19 heavy (non-hydrogen) atoms. The van der Waals surface area contributed by atoms with Gasteiger partial charge in [-0.1, -0.05) is 26.0 Å². The molecule has 2 aromatic rings. The van der Waals surface area contributed by atoms with Crippen LogP contribution in [0.4, 0.5) is 0 Å². The van der Waals surface area contributed by atoms with Gasteiger partial charge in [-0.3, -0.25) is 0 Å². The lowest BCUT2D eigenvalue weighted by molar-refractivity contribution is 0.238. The van der Waals surface area contributed by atoms with Crippen LogP contribution in [0.15, 0.2) is 30.5 Å². The molecule has 0 aliphatic heterocycles. The molecule has 2 nitrogen and oxygen atoms in total. The second-order valence-corrected chi connectivity index (χ2v) is 6.35. The van der Waals surface area contributed by atoms with Crippen molar-refractivity contribution >= 4 is 10.9 Å². The molecule has 0 spiro atoms. The summed E-state index contributed by atoms with van der Waals surface area (Å²) >= 11 is 0. The number of benzene rings is 1. The zero-order valence-electron chi connectivity index (χ0n) is 11.9. The molecule has 2 unspecified atom stereocenters. The van der Waals surface area contributed by atoms with Gasteiger partial charge >= 0.3 is 0 Å². The van der Waals surface area contributed by atoms with E-state index in [9.17, 15) is 0 Å². The molecule has 1 saturated carbocycles. The van der Waals surface area contributed by atoms with Crippen molar-refractivity contribution in [2.75, 3.05) is 0 Å². The third-order valence-electron chi connectivity index (χ3n) is 4.44. The van der Waals surface area contributed by atoms with Crippen LogP contribution in [0.3, 0.4) is 0 Å². The first-order chi connectivity index (χ1) is 9.22. The average Bonchev–Trinajstić information content (AvgIpc) is 2.83. The van der Waals surface area contributed by atoms with E-state index in [-0.39, 0.29) is 0 Å². The fourth-order valence-corrected chi connectivity index (χ4v) is 3.67. The van der Waals surface area contributed by atoms with Crippen LogP contribution in [-0.2, 0) is 6.54 Å². The van der Waals surface area contributed by atoms with E-state index >= 15 is 0 Å². The summed E-state index contributed by atoms with van der Waals surface area (Å²) in [6.07, 6.45) is 6.07. The Morgan fingerprint density at radius 3 is 2.68 bits per heavy atom. The smallest absolute Gasteiger partial charge is 0.0457 e. The number of aromatic nitrogens is 1. The zero-order chi connectivity index (χ0) is 13.2. The molecule has 0 saturated heterocycles. The third-order valence-corrected chi connectivity index (χ3v) is 4.44. The molecule has 1 aliphatic carbocycles. The summed E-state index contributed by atoms with van der Waals surface area (Å²) in [6.45, 7) is 5.76. The summed E-state index contributed by atoms with van der Waals surface area (Å²) in [7, 11) is 0. The number of aromatic amines is 1. The van der Waals surface area contributed by atoms with Crippen LogP contribution in [0.2, 0.25) is 0 Å². The maximum Gasteiger partial charge on any atom is 0.0457 e. The van der Waals surface area contributed by atoms with Gasteiger partial charge in [0.1, 0.15) is 0 Å². The highest BCUT2D eigenvalue weighted by molar-refractivity contribution is 5.82. The molecule has 0 bridgehead atoms. The molecule has 2 heteroatoms. The van der Waals surface area contributed by atoms with Gasteiger partial charge in [-0.25, -0.2) is 0 Å². The fourth-order valence-electron chi connectivity index (χ4n) is 3.67. The molecule has 1 fully saturated rings. The highest BCUT2D eigenvalue weighted by Crippen LogP contribution is 2.29. The third kappa shape index (κ3) is 2.84. The molecule has 2 N–H and O–H groups in total. The summed E-state index contributed by atoms with van der Waals surface area (Å²) in [5.74, 6) is 1.73. The van der Waals surface area contributed by atoms with E-state index in [0.29, 0.717) is 6.04 Å². The maximum atomic E-state index is 3.77. The fraction of sp³-hybridized carbons (Fsp3) is 0.529. The molecular weight excluding hydrogens is 232 g/mol. The van der Waals surface area contributed by atoms with Gasteiger partial charge in [0, 0.05) is 29.7 Å². The standard InChI is InChI=1S/C17H24N2/c1-12-8-13(2)10-15(9-12)19-11-14-4-3-5-17-16(14)6-7-18-17/h3-7,12-13,15,18-19H,8-11H2,1-2H3. The Kier molecular flexibility index (Phi) is 3.61. The van der Waals surface area contributed by atoms with E-state index in [1.54, 1.807) is 0 Å². The summed E-state index contributed by atoms with van der Waals surface area (Å²) in [4.78, 5) is 3.28. The quantitative estimate of drug-likeness (QED) is 0.850. The van der Waals surface area contributed by atoms with Crippen LogP contribution in [-0.4, -0.2) is 11.0 Å². The average molecular weight is 256 g/mol. The predicted octanol–water partition coefficient (Wildman–Crippen LogP) is 4.08. The van der Waals surface area contributed by atoms with Crippen molar-refractivity contribution in [1.29, 1.82) is 0 Å². The van der Waals surface area contributed by atoms with Crippen molar-refractivity contribution in [3.05, 3.63) is 36.0 Å². The summed E-state index contributed by atoms with van der Waals surface area (Å²) in [6, 6.07) is 9.39. The molecule has 0 radical (unpaired) electrons. The van der Waals surface area contributed by atoms with E-state index in [0.717, 1.165) is 18.4 Å². The monoisotopic (exact) mass is 256 g/mol. The lowest BCUT2D eigenvalue weighted by atomic mass is 9.80. The van der Waals surface area contributed by atoms with E-state index in [1.807, 2.05) is 6.20 Å². The van der Waals surface area contributed by atoms with Gasteiger partial charge < -0.3 is 10.3 Å². The predicted molar refractivity (Wildman–Crippen MR) is 81.1 cm³/mol. The van der Waals surface area contributed by atoms with Crippen LogP contribution in [0.5, 0.6) is 0 Å². The van der Waals surface area contributed by atoms with Crippen molar-refractivity contribution < 1.29 is 0 Å². The van der Waals surface area contributed by atoms with E-state index in [1.165, 1.54) is 35.7 Å². The molecule has 1 aromatic carbocycles. The Labute approximate surface area is 115 Å². The van der Waals surface area contributed by atoms with Crippen molar-refractivity contribution in [1.82, 2.24) is 10.3 Å². The topological polar surface area (TPSA) is 27.8 Å². The molecule has 2 atom stereocenters. The molecule has 1 aliphatic rings. The maximum absolute atomic E-state index is 3.77. The number of fused-ring (bicyclic) bond motifs is 1. The van der Waals surface area contributed by atoms with Gasteiger partial charge in [-0.05, 0) is 48.8 Å². The van der Waals surface area contributed by atoms with E-state index in [2.05, 4.69) is 48.4 Å². The van der Waals surface area contributed by atoms with Gasteiger partial charge in [0.25, 0.3) is 0 Å². The van der Waals surface area contributed by atoms with Gasteiger partial charge in [0.05, 0.1) is 0 Å². The number of H-pyrrole nitrogens is 1. The number of nitrogens with one attached hydrogen (secondary N) is 2. The Morgan fingerprint density at radius 2 is 1.89 bits per heavy atom. The van der Waals surface area contributed by atoms with Crippen LogP contribution >= 0.6 is 0 Å². The SMILES string of the molecule is CC1CC(C)CC(NCc2cccc3[nH]ccc23)C1. The summed E-state index contributed by atoms with van der Waals surface area (Å²) in [5, 5.41) is 5.12. The highest BCUT2D eigenvalue weighted by atomic mass is 14.9. The van der Waals surface area contributed by atoms with E-state index in [4.69, 9.17) is 0 Å². The number of hydrogen-bond donors (Lipinski definition) is 2.